The van der Waals surface area contributed by atoms with Crippen molar-refractivity contribution in [2.24, 2.45) is 5.92 Å². The first-order chi connectivity index (χ1) is 6.95. The molecule has 0 spiro atoms. The maximum atomic E-state index is 11.8. The van der Waals surface area contributed by atoms with E-state index in [-0.39, 0.29) is 10.6 Å². The number of hydrogen-bond donors (Lipinski definition) is 0. The van der Waals surface area contributed by atoms with E-state index in [1.165, 1.54) is 0 Å². The highest BCUT2D eigenvalue weighted by Crippen LogP contribution is 2.14. The number of hydrogen-bond acceptors (Lipinski definition) is 3. The van der Waals surface area contributed by atoms with Gasteiger partial charge in [0.2, 0.25) is 0 Å². The summed E-state index contributed by atoms with van der Waals surface area (Å²) < 4.78 is 23.5. The highest BCUT2D eigenvalue weighted by Gasteiger charge is 2.17. The van der Waals surface area contributed by atoms with E-state index < -0.39 is 15.8 Å². The van der Waals surface area contributed by atoms with Crippen molar-refractivity contribution in [3.63, 3.8) is 0 Å². The van der Waals surface area contributed by atoms with Gasteiger partial charge in [-0.25, -0.2) is 8.42 Å². The quantitative estimate of drug-likeness (QED) is 0.786. The Morgan fingerprint density at radius 2 is 1.87 bits per heavy atom. The highest BCUT2D eigenvalue weighted by atomic mass is 32.2. The molecule has 0 aliphatic carbocycles. The molecule has 0 bridgehead atoms. The van der Waals surface area contributed by atoms with Crippen LogP contribution in [0.4, 0.5) is 0 Å². The Kier molecular flexibility index (Phi) is 3.48. The van der Waals surface area contributed by atoms with Crippen molar-refractivity contribution in [2.45, 2.75) is 18.7 Å². The Hall–Kier alpha value is -1.34. The maximum Gasteiger partial charge on any atom is 0.179 e. The molecule has 0 saturated heterocycles. The largest absolute Gasteiger partial charge is 0.224 e. The van der Waals surface area contributed by atoms with Crippen LogP contribution in [-0.2, 0) is 9.84 Å². The molecule has 15 heavy (non-hydrogen) atoms. The topological polar surface area (TPSA) is 57.9 Å². The van der Waals surface area contributed by atoms with E-state index in [0.717, 1.165) is 5.56 Å². The third kappa shape index (κ3) is 3.07. The summed E-state index contributed by atoms with van der Waals surface area (Å²) in [4.78, 5) is 0.287. The van der Waals surface area contributed by atoms with Gasteiger partial charge in [0, 0.05) is 0 Å². The zero-order chi connectivity index (χ0) is 11.5. The normalized spacial score (nSPS) is 13.1. The van der Waals surface area contributed by atoms with Crippen LogP contribution in [0, 0.1) is 24.2 Å². The van der Waals surface area contributed by atoms with Gasteiger partial charge in [-0.05, 0) is 26.0 Å². The van der Waals surface area contributed by atoms with Gasteiger partial charge in [-0.2, -0.15) is 5.26 Å². The average Bonchev–Trinajstić information content (AvgIpc) is 2.17. The summed E-state index contributed by atoms with van der Waals surface area (Å²) in [6, 6.07) is 8.59. The molecule has 0 aliphatic heterocycles. The molecule has 1 atom stereocenters. The summed E-state index contributed by atoms with van der Waals surface area (Å²) in [6.07, 6.45) is 0. The Labute approximate surface area is 90.3 Å². The van der Waals surface area contributed by atoms with Crippen molar-refractivity contribution >= 4 is 9.84 Å². The molecule has 0 aromatic heterocycles. The van der Waals surface area contributed by atoms with Crippen molar-refractivity contribution in [1.29, 1.82) is 5.26 Å². The Morgan fingerprint density at radius 1 is 1.33 bits per heavy atom. The average molecular weight is 223 g/mol. The SMILES string of the molecule is Cc1ccc(S(=O)(=O)CC(C)C#N)cc1. The van der Waals surface area contributed by atoms with Gasteiger partial charge < -0.3 is 0 Å². The van der Waals surface area contributed by atoms with E-state index in [4.69, 9.17) is 5.26 Å². The first-order valence-electron chi connectivity index (χ1n) is 4.65. The van der Waals surface area contributed by atoms with E-state index in [1.54, 1.807) is 31.2 Å². The van der Waals surface area contributed by atoms with E-state index >= 15 is 0 Å². The summed E-state index contributed by atoms with van der Waals surface area (Å²) >= 11 is 0. The van der Waals surface area contributed by atoms with Gasteiger partial charge in [0.15, 0.2) is 9.84 Å². The molecule has 1 unspecified atom stereocenters. The van der Waals surface area contributed by atoms with Crippen LogP contribution in [0.15, 0.2) is 29.2 Å². The second-order valence-electron chi connectivity index (χ2n) is 3.62. The standard InChI is InChI=1S/C11H13NO2S/c1-9-3-5-11(6-4-9)15(13,14)8-10(2)7-12/h3-6,10H,8H2,1-2H3. The monoisotopic (exact) mass is 223 g/mol. The predicted octanol–water partition coefficient (Wildman–Crippen LogP) is 1.93. The van der Waals surface area contributed by atoms with Crippen LogP contribution in [-0.4, -0.2) is 14.2 Å². The van der Waals surface area contributed by atoms with Crippen LogP contribution < -0.4 is 0 Å². The minimum Gasteiger partial charge on any atom is -0.224 e. The van der Waals surface area contributed by atoms with Gasteiger partial charge in [-0.1, -0.05) is 17.7 Å². The fourth-order valence-corrected chi connectivity index (χ4v) is 2.68. The number of nitriles is 1. The molecule has 80 valence electrons. The lowest BCUT2D eigenvalue weighted by molar-refractivity contribution is 0.589. The van der Waals surface area contributed by atoms with Crippen molar-refractivity contribution < 1.29 is 8.42 Å². The third-order valence-electron chi connectivity index (χ3n) is 2.07. The molecule has 0 fully saturated rings. The number of rotatable bonds is 3. The van der Waals surface area contributed by atoms with Crippen LogP contribution in [0.5, 0.6) is 0 Å². The Bertz CT molecular complexity index is 468. The minimum atomic E-state index is -3.31. The van der Waals surface area contributed by atoms with Crippen molar-refractivity contribution in [2.75, 3.05) is 5.75 Å². The van der Waals surface area contributed by atoms with Gasteiger partial charge in [-0.3, -0.25) is 0 Å². The van der Waals surface area contributed by atoms with Crippen LogP contribution in [0.1, 0.15) is 12.5 Å². The summed E-state index contributed by atoms with van der Waals surface area (Å²) in [6.45, 7) is 3.50. The summed E-state index contributed by atoms with van der Waals surface area (Å²) in [7, 11) is -3.31. The fourth-order valence-electron chi connectivity index (χ4n) is 1.21. The maximum absolute atomic E-state index is 11.8. The molecule has 1 rings (SSSR count). The number of aryl methyl sites for hydroxylation is 1. The van der Waals surface area contributed by atoms with Crippen LogP contribution >= 0.6 is 0 Å². The van der Waals surface area contributed by atoms with E-state index in [0.29, 0.717) is 0 Å². The minimum absolute atomic E-state index is 0.118. The zero-order valence-electron chi connectivity index (χ0n) is 8.77. The fraction of sp³-hybridized carbons (Fsp3) is 0.364. The second kappa shape index (κ2) is 4.45. The zero-order valence-corrected chi connectivity index (χ0v) is 9.58. The van der Waals surface area contributed by atoms with Gasteiger partial charge in [0.05, 0.1) is 22.6 Å². The molecule has 0 radical (unpaired) electrons. The first-order valence-corrected chi connectivity index (χ1v) is 6.30. The van der Waals surface area contributed by atoms with Crippen LogP contribution in [0.3, 0.4) is 0 Å². The van der Waals surface area contributed by atoms with E-state index in [1.807, 2.05) is 13.0 Å². The lowest BCUT2D eigenvalue weighted by atomic mass is 10.2. The predicted molar refractivity (Wildman–Crippen MR) is 58.0 cm³/mol. The molecule has 0 N–H and O–H groups in total. The number of benzene rings is 1. The molecule has 1 aromatic rings. The molecule has 0 heterocycles. The summed E-state index contributed by atoms with van der Waals surface area (Å²) in [5.41, 5.74) is 1.02. The summed E-state index contributed by atoms with van der Waals surface area (Å²) in [5, 5.41) is 8.57. The molecule has 0 saturated carbocycles. The third-order valence-corrected chi connectivity index (χ3v) is 4.00. The summed E-state index contributed by atoms with van der Waals surface area (Å²) in [5.74, 6) is -0.594. The van der Waals surface area contributed by atoms with Crippen molar-refractivity contribution in [3.05, 3.63) is 29.8 Å². The lowest BCUT2D eigenvalue weighted by Gasteiger charge is -2.05. The first kappa shape index (κ1) is 11.7. The number of nitrogens with zero attached hydrogens (tertiary/aromatic N) is 1. The molecule has 4 heteroatoms. The van der Waals surface area contributed by atoms with E-state index in [9.17, 15) is 8.42 Å². The molecule has 3 nitrogen and oxygen atoms in total. The van der Waals surface area contributed by atoms with Crippen molar-refractivity contribution in [3.8, 4) is 6.07 Å². The second-order valence-corrected chi connectivity index (χ2v) is 5.66. The van der Waals surface area contributed by atoms with Gasteiger partial charge >= 0.3 is 0 Å². The van der Waals surface area contributed by atoms with Crippen LogP contribution in [0.2, 0.25) is 0 Å². The van der Waals surface area contributed by atoms with Crippen LogP contribution in [0.25, 0.3) is 0 Å². The highest BCUT2D eigenvalue weighted by molar-refractivity contribution is 7.91. The Balaban J connectivity index is 2.98. The number of sulfone groups is 1. The van der Waals surface area contributed by atoms with E-state index in [2.05, 4.69) is 0 Å². The molecule has 0 amide bonds. The molecular formula is C11H13NO2S. The Morgan fingerprint density at radius 3 is 2.33 bits per heavy atom. The van der Waals surface area contributed by atoms with Gasteiger partial charge in [0.1, 0.15) is 0 Å². The molecule has 0 aliphatic rings. The van der Waals surface area contributed by atoms with Gasteiger partial charge in [0.25, 0.3) is 0 Å². The smallest absolute Gasteiger partial charge is 0.179 e. The lowest BCUT2D eigenvalue weighted by Crippen LogP contribution is -2.12. The van der Waals surface area contributed by atoms with Crippen molar-refractivity contribution in [1.82, 2.24) is 0 Å². The molecular weight excluding hydrogens is 210 g/mol. The molecule has 1 aromatic carbocycles. The van der Waals surface area contributed by atoms with Gasteiger partial charge in [-0.15, -0.1) is 0 Å².